The van der Waals surface area contributed by atoms with Crippen LogP contribution in [0.1, 0.15) is 53.5 Å². The molecule has 0 radical (unpaired) electrons. The average molecular weight is 550 g/mol. The zero-order valence-corrected chi connectivity index (χ0v) is 23.3. The van der Waals surface area contributed by atoms with Gasteiger partial charge in [-0.15, -0.1) is 0 Å². The maximum Gasteiger partial charge on any atom is 0.251 e. The van der Waals surface area contributed by atoms with Crippen molar-refractivity contribution in [3.63, 3.8) is 0 Å². The van der Waals surface area contributed by atoms with Crippen molar-refractivity contribution in [2.24, 2.45) is 5.92 Å². The average Bonchev–Trinajstić information content (AvgIpc) is 3.38. The van der Waals surface area contributed by atoms with Gasteiger partial charge in [-0.2, -0.15) is 0 Å². The van der Waals surface area contributed by atoms with Crippen molar-refractivity contribution in [3.8, 4) is 33.6 Å². The van der Waals surface area contributed by atoms with Crippen molar-refractivity contribution >= 4 is 22.7 Å². The summed E-state index contributed by atoms with van der Waals surface area (Å²) >= 11 is 0. The van der Waals surface area contributed by atoms with E-state index in [0.717, 1.165) is 27.8 Å². The van der Waals surface area contributed by atoms with Crippen LogP contribution in [-0.4, -0.2) is 23.3 Å². The lowest BCUT2D eigenvalue weighted by Gasteiger charge is -2.16. The van der Waals surface area contributed by atoms with Crippen molar-refractivity contribution in [1.82, 2.24) is 5.32 Å². The second-order valence-corrected chi connectivity index (χ2v) is 10.5. The highest BCUT2D eigenvalue weighted by Crippen LogP contribution is 2.38. The van der Waals surface area contributed by atoms with Gasteiger partial charge in [0.1, 0.15) is 17.2 Å². The van der Waals surface area contributed by atoms with Gasteiger partial charge in [-0.1, -0.05) is 63.2 Å². The second kappa shape index (κ2) is 11.9. The summed E-state index contributed by atoms with van der Waals surface area (Å²) in [6.07, 6.45) is 0.284. The summed E-state index contributed by atoms with van der Waals surface area (Å²) in [4.78, 5) is 26.6. The van der Waals surface area contributed by atoms with E-state index in [-0.39, 0.29) is 36.5 Å². The number of aliphatic hydroxyl groups excluding tert-OH is 1. The molecule has 5 nitrogen and oxygen atoms in total. The van der Waals surface area contributed by atoms with Gasteiger partial charge < -0.3 is 14.8 Å². The van der Waals surface area contributed by atoms with Crippen molar-refractivity contribution in [3.05, 3.63) is 107 Å². The Labute approximate surface area is 238 Å². The Kier molecular flexibility index (Phi) is 8.13. The molecule has 6 heteroatoms. The number of carbonyl (C=O) groups is 2. The number of Topliss-reactive ketones (excluding diaryl/α,β-unsaturated/α-hetero) is 1. The van der Waals surface area contributed by atoms with Crippen LogP contribution < -0.4 is 5.32 Å². The Hall–Kier alpha value is -4.55. The lowest BCUT2D eigenvalue weighted by atomic mass is 9.91. The fraction of sp³-hybridized carbons (Fsp3) is 0.200. The highest BCUT2D eigenvalue weighted by molar-refractivity contribution is 6.13. The number of furan rings is 1. The van der Waals surface area contributed by atoms with Crippen molar-refractivity contribution in [2.45, 2.75) is 33.8 Å². The number of halogens is 1. The minimum Gasteiger partial charge on any atom is -0.455 e. The van der Waals surface area contributed by atoms with Gasteiger partial charge in [0.15, 0.2) is 5.78 Å². The molecular weight excluding hydrogens is 517 g/mol. The van der Waals surface area contributed by atoms with Crippen LogP contribution in [0.25, 0.3) is 44.5 Å². The van der Waals surface area contributed by atoms with Crippen molar-refractivity contribution in [1.29, 1.82) is 0 Å². The number of fused-ring (bicyclic) bond motifs is 1. The van der Waals surface area contributed by atoms with E-state index in [1.807, 2.05) is 74.5 Å². The van der Waals surface area contributed by atoms with E-state index in [4.69, 9.17) is 4.42 Å². The van der Waals surface area contributed by atoms with Gasteiger partial charge in [0, 0.05) is 29.5 Å². The molecule has 1 heterocycles. The SMILES string of the molecule is CCC(=O)c1c(-c2ccc(F)cc2)oc2ccc(-c3ccc(-c4ccccc4CO)c(C(=O)NCC(C)C)c3)cc12. The van der Waals surface area contributed by atoms with Crippen molar-refractivity contribution < 1.29 is 23.5 Å². The summed E-state index contributed by atoms with van der Waals surface area (Å²) in [7, 11) is 0. The normalized spacial score (nSPS) is 11.3. The molecule has 0 unspecified atom stereocenters. The highest BCUT2D eigenvalue weighted by Gasteiger charge is 2.22. The van der Waals surface area contributed by atoms with Crippen LogP contribution in [0.3, 0.4) is 0 Å². The van der Waals surface area contributed by atoms with Crippen LogP contribution in [-0.2, 0) is 6.61 Å². The molecule has 0 spiro atoms. The summed E-state index contributed by atoms with van der Waals surface area (Å²) in [6.45, 7) is 6.25. The Balaban J connectivity index is 1.66. The molecule has 0 saturated carbocycles. The Morgan fingerprint density at radius 3 is 2.27 bits per heavy atom. The summed E-state index contributed by atoms with van der Waals surface area (Å²) < 4.78 is 19.7. The maximum absolute atomic E-state index is 13.6. The Bertz CT molecular complexity index is 1730. The number of hydrogen-bond donors (Lipinski definition) is 2. The van der Waals surface area contributed by atoms with Gasteiger partial charge in [-0.05, 0) is 76.2 Å². The summed E-state index contributed by atoms with van der Waals surface area (Å²) in [6, 6.07) is 24.7. The summed E-state index contributed by atoms with van der Waals surface area (Å²) in [5.74, 6) is 0.0456. The number of carbonyl (C=O) groups excluding carboxylic acids is 2. The lowest BCUT2D eigenvalue weighted by Crippen LogP contribution is -2.27. The van der Waals surface area contributed by atoms with E-state index in [0.29, 0.717) is 40.0 Å². The number of amides is 1. The second-order valence-electron chi connectivity index (χ2n) is 10.5. The van der Waals surface area contributed by atoms with Gasteiger partial charge in [-0.25, -0.2) is 4.39 Å². The van der Waals surface area contributed by atoms with Crippen LogP contribution in [0.15, 0.2) is 89.3 Å². The van der Waals surface area contributed by atoms with E-state index in [1.165, 1.54) is 12.1 Å². The molecular formula is C35H32FNO4. The molecule has 0 bridgehead atoms. The first-order chi connectivity index (χ1) is 19.8. The number of hydrogen-bond acceptors (Lipinski definition) is 4. The molecule has 4 aromatic carbocycles. The fourth-order valence-corrected chi connectivity index (χ4v) is 4.99. The zero-order valence-electron chi connectivity index (χ0n) is 23.3. The molecule has 1 amide bonds. The molecule has 2 N–H and O–H groups in total. The van der Waals surface area contributed by atoms with E-state index in [2.05, 4.69) is 5.32 Å². The predicted octanol–water partition coefficient (Wildman–Crippen LogP) is 8.04. The van der Waals surface area contributed by atoms with Crippen LogP contribution in [0, 0.1) is 11.7 Å². The van der Waals surface area contributed by atoms with Crippen LogP contribution in [0.2, 0.25) is 0 Å². The lowest BCUT2D eigenvalue weighted by molar-refractivity contribution is 0.0948. The summed E-state index contributed by atoms with van der Waals surface area (Å²) in [5, 5.41) is 13.6. The zero-order chi connectivity index (χ0) is 29.1. The molecule has 0 fully saturated rings. The largest absolute Gasteiger partial charge is 0.455 e. The van der Waals surface area contributed by atoms with Crippen LogP contribution in [0.5, 0.6) is 0 Å². The first-order valence-corrected chi connectivity index (χ1v) is 13.8. The van der Waals surface area contributed by atoms with Gasteiger partial charge in [0.2, 0.25) is 0 Å². The van der Waals surface area contributed by atoms with Gasteiger partial charge >= 0.3 is 0 Å². The monoisotopic (exact) mass is 549 g/mol. The van der Waals surface area contributed by atoms with E-state index < -0.39 is 0 Å². The number of aliphatic hydroxyl groups is 1. The topological polar surface area (TPSA) is 79.5 Å². The smallest absolute Gasteiger partial charge is 0.251 e. The Morgan fingerprint density at radius 2 is 1.56 bits per heavy atom. The van der Waals surface area contributed by atoms with Crippen LogP contribution >= 0.6 is 0 Å². The van der Waals surface area contributed by atoms with Gasteiger partial charge in [0.25, 0.3) is 5.91 Å². The van der Waals surface area contributed by atoms with Crippen molar-refractivity contribution in [2.75, 3.05) is 6.54 Å². The van der Waals surface area contributed by atoms with Gasteiger partial charge in [-0.3, -0.25) is 9.59 Å². The number of rotatable bonds is 9. The van der Waals surface area contributed by atoms with E-state index in [9.17, 15) is 19.1 Å². The highest BCUT2D eigenvalue weighted by atomic mass is 19.1. The molecule has 0 atom stereocenters. The predicted molar refractivity (Wildman–Crippen MR) is 160 cm³/mol. The minimum atomic E-state index is -0.367. The van der Waals surface area contributed by atoms with E-state index >= 15 is 0 Å². The third kappa shape index (κ3) is 5.70. The Morgan fingerprint density at radius 1 is 0.878 bits per heavy atom. The molecule has 208 valence electrons. The number of nitrogens with one attached hydrogen (secondary N) is 1. The third-order valence-corrected chi connectivity index (χ3v) is 7.14. The maximum atomic E-state index is 13.6. The summed E-state index contributed by atoms with van der Waals surface area (Å²) in [5.41, 5.74) is 5.98. The standard InChI is InChI=1S/C35H32FNO4/c1-4-31(39)33-30-18-24(12-16-32(30)41-34(33)22-9-13-26(36)14-10-22)23-11-15-28(27-8-6-5-7-25(27)20-38)29(17-23)35(40)37-19-21(2)3/h5-18,21,38H,4,19-20H2,1-3H3,(H,37,40). The minimum absolute atomic E-state index is 0.0788. The quantitative estimate of drug-likeness (QED) is 0.182. The number of ketones is 1. The molecule has 0 aliphatic rings. The molecule has 5 aromatic rings. The van der Waals surface area contributed by atoms with Crippen LogP contribution in [0.4, 0.5) is 4.39 Å². The third-order valence-electron chi connectivity index (χ3n) is 7.14. The van der Waals surface area contributed by atoms with E-state index in [1.54, 1.807) is 19.1 Å². The van der Waals surface area contributed by atoms with Gasteiger partial charge in [0.05, 0.1) is 12.2 Å². The molecule has 0 saturated heterocycles. The first-order valence-electron chi connectivity index (χ1n) is 13.8. The molecule has 1 aromatic heterocycles. The molecule has 0 aliphatic carbocycles. The molecule has 0 aliphatic heterocycles. The molecule has 5 rings (SSSR count). The number of benzene rings is 4. The first kappa shape index (κ1) is 28.0. The fourth-order valence-electron chi connectivity index (χ4n) is 4.99. The molecule has 41 heavy (non-hydrogen) atoms.